The third-order valence-electron chi connectivity index (χ3n) is 1.58. The number of aliphatic hydroxyl groups is 1. The highest BCUT2D eigenvalue weighted by Crippen LogP contribution is 2.19. The summed E-state index contributed by atoms with van der Waals surface area (Å²) in [6.07, 6.45) is 4.68. The van der Waals surface area contributed by atoms with Crippen molar-refractivity contribution in [2.75, 3.05) is 0 Å². The lowest BCUT2D eigenvalue weighted by Crippen LogP contribution is -2.09. The molecule has 0 heterocycles. The van der Waals surface area contributed by atoms with E-state index in [9.17, 15) is 4.79 Å². The lowest BCUT2D eigenvalue weighted by molar-refractivity contribution is -0.113. The van der Waals surface area contributed by atoms with E-state index in [1.165, 1.54) is 0 Å². The van der Waals surface area contributed by atoms with Gasteiger partial charge in [-0.25, -0.2) is 0 Å². The molecule has 1 N–H and O–H groups in total. The molecule has 0 fully saturated rings. The van der Waals surface area contributed by atoms with Crippen LogP contribution in [0, 0.1) is 0 Å². The van der Waals surface area contributed by atoms with Gasteiger partial charge in [-0.05, 0) is 24.8 Å². The van der Waals surface area contributed by atoms with Crippen LogP contribution in [0.4, 0.5) is 0 Å². The summed E-state index contributed by atoms with van der Waals surface area (Å²) in [6.45, 7) is 0. The Kier molecular flexibility index (Phi) is 2.01. The number of rotatable bonds is 2. The van der Waals surface area contributed by atoms with E-state index in [4.69, 9.17) is 5.11 Å². The summed E-state index contributed by atoms with van der Waals surface area (Å²) in [5.41, 5.74) is 0.894. The van der Waals surface area contributed by atoms with E-state index in [0.717, 1.165) is 24.8 Å². The Morgan fingerprint density at radius 3 is 3.00 bits per heavy atom. The van der Waals surface area contributed by atoms with Crippen LogP contribution >= 0.6 is 0 Å². The van der Waals surface area contributed by atoms with Gasteiger partial charge in [0.15, 0.2) is 6.29 Å². The first-order valence-electron chi connectivity index (χ1n) is 3.17. The predicted octanol–water partition coefficient (Wildman–Crippen LogP) is 0.657. The van der Waals surface area contributed by atoms with Crippen molar-refractivity contribution in [3.05, 3.63) is 11.6 Å². The zero-order valence-electron chi connectivity index (χ0n) is 5.21. The number of hydrogen-bond acceptors (Lipinski definition) is 2. The molecule has 0 saturated carbocycles. The van der Waals surface area contributed by atoms with Crippen molar-refractivity contribution < 1.29 is 9.90 Å². The molecule has 0 aromatic carbocycles. The monoisotopic (exact) mass is 126 g/mol. The fraction of sp³-hybridized carbons (Fsp3) is 0.571. The lowest BCUT2D eigenvalue weighted by atomic mass is 10.1. The van der Waals surface area contributed by atoms with Crippen LogP contribution in [0.5, 0.6) is 0 Å². The van der Waals surface area contributed by atoms with Crippen LogP contribution in [0.25, 0.3) is 0 Å². The van der Waals surface area contributed by atoms with E-state index in [0.29, 0.717) is 6.29 Å². The Morgan fingerprint density at radius 1 is 1.78 bits per heavy atom. The average molecular weight is 126 g/mol. The number of carbonyl (C=O) groups is 1. The Morgan fingerprint density at radius 2 is 2.56 bits per heavy atom. The second-order valence-corrected chi connectivity index (χ2v) is 2.25. The lowest BCUT2D eigenvalue weighted by Gasteiger charge is -2.00. The quantitative estimate of drug-likeness (QED) is 0.436. The molecule has 0 aromatic rings. The van der Waals surface area contributed by atoms with Gasteiger partial charge in [-0.1, -0.05) is 6.08 Å². The highest BCUT2D eigenvalue weighted by Gasteiger charge is 2.11. The number of hydrogen-bond donors (Lipinski definition) is 1. The Labute approximate surface area is 54.2 Å². The van der Waals surface area contributed by atoms with Gasteiger partial charge in [0, 0.05) is 0 Å². The molecule has 0 aliphatic heterocycles. The number of aliphatic hydroxyl groups excluding tert-OH is 1. The van der Waals surface area contributed by atoms with E-state index in [2.05, 4.69) is 0 Å². The molecule has 1 aliphatic carbocycles. The number of carbonyl (C=O) groups excluding carboxylic acids is 1. The molecule has 0 aromatic heterocycles. The normalized spacial score (nSPS) is 21.2. The predicted molar refractivity (Wildman–Crippen MR) is 34.0 cm³/mol. The van der Waals surface area contributed by atoms with Crippen LogP contribution in [-0.4, -0.2) is 17.5 Å². The largest absolute Gasteiger partial charge is 0.381 e. The minimum absolute atomic E-state index is 0.581. The average Bonchev–Trinajstić information content (AvgIpc) is 2.37. The maximum absolute atomic E-state index is 10.0. The Balaban J connectivity index is 2.50. The number of aldehydes is 1. The first-order valence-corrected chi connectivity index (χ1v) is 3.17. The highest BCUT2D eigenvalue weighted by atomic mass is 16.3. The first-order chi connectivity index (χ1) is 4.34. The molecular formula is C7H10O2. The summed E-state index contributed by atoms with van der Waals surface area (Å²) in [6, 6.07) is 0. The third-order valence-corrected chi connectivity index (χ3v) is 1.58. The molecule has 2 heteroatoms. The van der Waals surface area contributed by atoms with Crippen molar-refractivity contribution in [2.24, 2.45) is 0 Å². The summed E-state index contributed by atoms with van der Waals surface area (Å²) < 4.78 is 0. The molecule has 1 atom stereocenters. The second-order valence-electron chi connectivity index (χ2n) is 2.25. The number of allylic oxidation sites excluding steroid dienone is 1. The van der Waals surface area contributed by atoms with Gasteiger partial charge in [0.1, 0.15) is 6.10 Å². The van der Waals surface area contributed by atoms with Crippen molar-refractivity contribution in [3.63, 3.8) is 0 Å². The molecule has 1 rings (SSSR count). The van der Waals surface area contributed by atoms with Gasteiger partial charge in [0.25, 0.3) is 0 Å². The van der Waals surface area contributed by atoms with Crippen LogP contribution in [0.1, 0.15) is 19.3 Å². The fourth-order valence-corrected chi connectivity index (χ4v) is 1.05. The molecule has 0 spiro atoms. The minimum Gasteiger partial charge on any atom is -0.381 e. The van der Waals surface area contributed by atoms with E-state index in [-0.39, 0.29) is 0 Å². The van der Waals surface area contributed by atoms with Crippen molar-refractivity contribution in [2.45, 2.75) is 25.4 Å². The van der Waals surface area contributed by atoms with Gasteiger partial charge < -0.3 is 9.90 Å². The van der Waals surface area contributed by atoms with Crippen molar-refractivity contribution in [3.8, 4) is 0 Å². The Hall–Kier alpha value is -0.630. The van der Waals surface area contributed by atoms with Gasteiger partial charge >= 0.3 is 0 Å². The molecule has 50 valence electrons. The highest BCUT2D eigenvalue weighted by molar-refractivity contribution is 5.61. The zero-order valence-corrected chi connectivity index (χ0v) is 5.21. The van der Waals surface area contributed by atoms with E-state index >= 15 is 0 Å². The summed E-state index contributed by atoms with van der Waals surface area (Å²) in [5.74, 6) is 0. The summed E-state index contributed by atoms with van der Waals surface area (Å²) in [4.78, 5) is 10.0. The van der Waals surface area contributed by atoms with E-state index < -0.39 is 6.10 Å². The van der Waals surface area contributed by atoms with Gasteiger partial charge in [0.05, 0.1) is 0 Å². The minimum atomic E-state index is -0.826. The Bertz CT molecular complexity index is 138. The van der Waals surface area contributed by atoms with Gasteiger partial charge in [-0.3, -0.25) is 0 Å². The third kappa shape index (κ3) is 1.39. The maximum Gasteiger partial charge on any atom is 0.152 e. The summed E-state index contributed by atoms with van der Waals surface area (Å²) in [5, 5.41) is 8.92. The van der Waals surface area contributed by atoms with Crippen LogP contribution in [0.2, 0.25) is 0 Å². The van der Waals surface area contributed by atoms with Crippen molar-refractivity contribution in [1.82, 2.24) is 0 Å². The van der Waals surface area contributed by atoms with Crippen molar-refractivity contribution >= 4 is 6.29 Å². The smallest absolute Gasteiger partial charge is 0.152 e. The molecule has 1 unspecified atom stereocenters. The topological polar surface area (TPSA) is 37.3 Å². The van der Waals surface area contributed by atoms with E-state index in [1.807, 2.05) is 6.08 Å². The SMILES string of the molecule is O=CC(O)C1=CCCC1. The molecule has 0 radical (unpaired) electrons. The molecule has 1 aliphatic rings. The molecule has 0 saturated heterocycles. The van der Waals surface area contributed by atoms with Crippen LogP contribution in [0.15, 0.2) is 11.6 Å². The summed E-state index contributed by atoms with van der Waals surface area (Å²) >= 11 is 0. The molecule has 0 amide bonds. The van der Waals surface area contributed by atoms with Crippen LogP contribution in [-0.2, 0) is 4.79 Å². The first kappa shape index (κ1) is 6.49. The molecular weight excluding hydrogens is 116 g/mol. The van der Waals surface area contributed by atoms with Crippen LogP contribution in [0.3, 0.4) is 0 Å². The standard InChI is InChI=1S/C7H10O2/c8-5-7(9)6-3-1-2-4-6/h3,5,7,9H,1-2,4H2. The van der Waals surface area contributed by atoms with Gasteiger partial charge in [-0.2, -0.15) is 0 Å². The molecule has 9 heavy (non-hydrogen) atoms. The van der Waals surface area contributed by atoms with Gasteiger partial charge in [0.2, 0.25) is 0 Å². The van der Waals surface area contributed by atoms with Crippen molar-refractivity contribution in [1.29, 1.82) is 0 Å². The van der Waals surface area contributed by atoms with Gasteiger partial charge in [-0.15, -0.1) is 0 Å². The summed E-state index contributed by atoms with van der Waals surface area (Å²) in [7, 11) is 0. The molecule has 0 bridgehead atoms. The molecule has 2 nitrogen and oxygen atoms in total. The zero-order chi connectivity index (χ0) is 6.69. The van der Waals surface area contributed by atoms with Crippen LogP contribution < -0.4 is 0 Å². The van der Waals surface area contributed by atoms with E-state index in [1.54, 1.807) is 0 Å². The fourth-order valence-electron chi connectivity index (χ4n) is 1.05. The second kappa shape index (κ2) is 2.78. The maximum atomic E-state index is 10.0.